The monoisotopic (exact) mass is 541 g/mol. The molecule has 1 atom stereocenters. The van der Waals surface area contributed by atoms with Gasteiger partial charge in [-0.25, -0.2) is 0 Å². The molecule has 1 N–H and O–H groups in total. The Morgan fingerprint density at radius 2 is 2.00 bits per heavy atom. The summed E-state index contributed by atoms with van der Waals surface area (Å²) in [6.45, 7) is 2.49. The number of nitrogens with zero attached hydrogens (tertiary/aromatic N) is 2. The second-order valence-corrected chi connectivity index (χ2v) is 9.74. The first-order chi connectivity index (χ1) is 17.4. The maximum Gasteiger partial charge on any atom is 0.265 e. The summed E-state index contributed by atoms with van der Waals surface area (Å²) < 4.78 is 10.7. The zero-order valence-electron chi connectivity index (χ0n) is 19.2. The van der Waals surface area contributed by atoms with Gasteiger partial charge in [0.1, 0.15) is 28.2 Å². The Kier molecular flexibility index (Phi) is 8.26. The fraction of sp³-hybridized carbons (Fsp3) is 0.192. The van der Waals surface area contributed by atoms with Crippen LogP contribution in [0.15, 0.2) is 75.9 Å². The van der Waals surface area contributed by atoms with Crippen LogP contribution in [0.3, 0.4) is 0 Å². The molecule has 7 nitrogen and oxygen atoms in total. The molecule has 2 aromatic carbocycles. The van der Waals surface area contributed by atoms with Crippen LogP contribution in [0.2, 0.25) is 10.0 Å². The number of nitriles is 1. The van der Waals surface area contributed by atoms with Crippen molar-refractivity contribution >= 4 is 52.5 Å². The number of thioether (sulfide) groups is 1. The molecule has 0 saturated carbocycles. The number of carbonyl (C=O) groups excluding carboxylic acids is 2. The smallest absolute Gasteiger partial charge is 0.265 e. The first-order valence-corrected chi connectivity index (χ1v) is 12.7. The van der Waals surface area contributed by atoms with Crippen molar-refractivity contribution in [2.75, 3.05) is 11.5 Å². The fourth-order valence-corrected chi connectivity index (χ4v) is 5.42. The highest BCUT2D eigenvalue weighted by molar-refractivity contribution is 8.05. The minimum atomic E-state index is -0.606. The molecule has 0 aliphatic carbocycles. The van der Waals surface area contributed by atoms with Gasteiger partial charge in [0, 0.05) is 15.7 Å². The van der Waals surface area contributed by atoms with Gasteiger partial charge in [-0.05, 0) is 67.4 Å². The molecule has 1 unspecified atom stereocenters. The predicted molar refractivity (Wildman–Crippen MR) is 140 cm³/mol. The highest BCUT2D eigenvalue weighted by Crippen LogP contribution is 2.43. The Bertz CT molecular complexity index is 1330. The van der Waals surface area contributed by atoms with E-state index in [0.29, 0.717) is 40.3 Å². The van der Waals surface area contributed by atoms with Crippen molar-refractivity contribution in [3.05, 3.63) is 92.8 Å². The third kappa shape index (κ3) is 5.71. The van der Waals surface area contributed by atoms with Crippen LogP contribution in [0, 0.1) is 11.3 Å². The minimum absolute atomic E-state index is 0.107. The van der Waals surface area contributed by atoms with Gasteiger partial charge >= 0.3 is 0 Å². The van der Waals surface area contributed by atoms with Crippen molar-refractivity contribution in [3.8, 4) is 11.8 Å². The summed E-state index contributed by atoms with van der Waals surface area (Å²) in [6.07, 6.45) is 1.79. The van der Waals surface area contributed by atoms with Crippen molar-refractivity contribution in [1.82, 2.24) is 5.32 Å². The average molecular weight is 542 g/mol. The zero-order chi connectivity index (χ0) is 25.7. The van der Waals surface area contributed by atoms with Crippen LogP contribution >= 0.6 is 35.0 Å². The van der Waals surface area contributed by atoms with Crippen molar-refractivity contribution in [2.24, 2.45) is 0 Å². The van der Waals surface area contributed by atoms with Gasteiger partial charge in [0.25, 0.3) is 5.91 Å². The molecule has 3 aromatic rings. The molecule has 1 aliphatic heterocycles. The average Bonchev–Trinajstić information content (AvgIpc) is 3.49. The maximum absolute atomic E-state index is 13.6. The lowest BCUT2D eigenvalue weighted by molar-refractivity contribution is -0.117. The molecular weight excluding hydrogens is 521 g/mol. The van der Waals surface area contributed by atoms with Gasteiger partial charge in [0.05, 0.1) is 24.7 Å². The van der Waals surface area contributed by atoms with E-state index in [4.69, 9.17) is 32.4 Å². The van der Waals surface area contributed by atoms with E-state index in [1.807, 2.05) is 13.0 Å². The van der Waals surface area contributed by atoms with Gasteiger partial charge in [-0.2, -0.15) is 5.26 Å². The number of anilines is 1. The predicted octanol–water partition coefficient (Wildman–Crippen LogP) is 5.73. The van der Waals surface area contributed by atoms with Gasteiger partial charge in [-0.3, -0.25) is 14.5 Å². The van der Waals surface area contributed by atoms with Crippen molar-refractivity contribution in [1.29, 1.82) is 5.26 Å². The molecule has 0 radical (unpaired) electrons. The highest BCUT2D eigenvalue weighted by atomic mass is 35.5. The van der Waals surface area contributed by atoms with E-state index in [2.05, 4.69) is 5.32 Å². The molecule has 4 rings (SSSR count). The number of hydrogen-bond donors (Lipinski definition) is 1. The van der Waals surface area contributed by atoms with Crippen LogP contribution in [0.1, 0.15) is 18.2 Å². The largest absolute Gasteiger partial charge is 0.494 e. The Morgan fingerprint density at radius 1 is 1.22 bits per heavy atom. The first-order valence-electron chi connectivity index (χ1n) is 11.0. The minimum Gasteiger partial charge on any atom is -0.494 e. The summed E-state index contributed by atoms with van der Waals surface area (Å²) >= 11 is 13.5. The summed E-state index contributed by atoms with van der Waals surface area (Å²) in [5, 5.41) is 13.2. The van der Waals surface area contributed by atoms with Crippen molar-refractivity contribution < 1.29 is 18.7 Å². The highest BCUT2D eigenvalue weighted by Gasteiger charge is 2.41. The van der Waals surface area contributed by atoms with Crippen LogP contribution in [0.25, 0.3) is 0 Å². The Balaban J connectivity index is 1.68. The van der Waals surface area contributed by atoms with Crippen LogP contribution in [-0.2, 0) is 22.6 Å². The van der Waals surface area contributed by atoms with Crippen LogP contribution in [-0.4, -0.2) is 23.7 Å². The summed E-state index contributed by atoms with van der Waals surface area (Å²) in [5.74, 6) is 0.314. The molecule has 0 spiro atoms. The number of amides is 2. The van der Waals surface area contributed by atoms with Crippen LogP contribution in [0.4, 0.5) is 5.69 Å². The number of halogens is 2. The number of furan rings is 1. The number of ether oxygens (including phenoxy) is 1. The molecule has 1 fully saturated rings. The Hall–Kier alpha value is -3.38. The normalized spacial score (nSPS) is 16.6. The summed E-state index contributed by atoms with van der Waals surface area (Å²) in [5.41, 5.74) is 1.08. The van der Waals surface area contributed by atoms with Gasteiger partial charge in [-0.1, -0.05) is 41.0 Å². The SMILES string of the molecule is CCOc1ccc(N2C(=O)C(Cc3ccc(Cl)cc3Cl)S/C2=C(/C#N)C(=O)NCc2ccco2)cc1. The number of carbonyl (C=O) groups is 2. The number of benzene rings is 2. The van der Waals surface area contributed by atoms with E-state index < -0.39 is 11.2 Å². The van der Waals surface area contributed by atoms with E-state index in [9.17, 15) is 14.9 Å². The third-order valence-corrected chi connectivity index (χ3v) is 7.18. The van der Waals surface area contributed by atoms with Gasteiger partial charge in [0.15, 0.2) is 0 Å². The summed E-state index contributed by atoms with van der Waals surface area (Å²) in [7, 11) is 0. The number of hydrogen-bond acceptors (Lipinski definition) is 6. The van der Waals surface area contributed by atoms with E-state index in [1.165, 1.54) is 11.2 Å². The first kappa shape index (κ1) is 25.7. The zero-order valence-corrected chi connectivity index (χ0v) is 21.5. The molecule has 184 valence electrons. The standard InChI is InChI=1S/C26H21Cl2N3O4S/c1-2-34-19-9-7-18(8-10-19)31-25(33)23(12-16-5-6-17(27)13-22(16)28)36-26(31)21(14-29)24(32)30-15-20-4-3-11-35-20/h3-11,13,23H,2,12,15H2,1H3,(H,30,32)/b26-21-. The Morgan fingerprint density at radius 3 is 2.64 bits per heavy atom. The molecular formula is C26H21Cl2N3O4S. The topological polar surface area (TPSA) is 95.6 Å². The lowest BCUT2D eigenvalue weighted by Crippen LogP contribution is -2.32. The molecule has 1 saturated heterocycles. The molecule has 2 amide bonds. The Labute approximate surface area is 222 Å². The molecule has 0 bridgehead atoms. The maximum atomic E-state index is 13.6. The molecule has 1 aromatic heterocycles. The van der Waals surface area contributed by atoms with E-state index in [-0.39, 0.29) is 23.1 Å². The third-order valence-electron chi connectivity index (χ3n) is 5.34. The van der Waals surface area contributed by atoms with Gasteiger partial charge in [-0.15, -0.1) is 0 Å². The number of rotatable bonds is 8. The van der Waals surface area contributed by atoms with Crippen molar-refractivity contribution in [2.45, 2.75) is 25.1 Å². The van der Waals surface area contributed by atoms with Crippen molar-refractivity contribution in [3.63, 3.8) is 0 Å². The fourth-order valence-electron chi connectivity index (χ4n) is 3.64. The quantitative estimate of drug-likeness (QED) is 0.289. The molecule has 2 heterocycles. The van der Waals surface area contributed by atoms with E-state index >= 15 is 0 Å². The van der Waals surface area contributed by atoms with E-state index in [0.717, 1.165) is 17.3 Å². The molecule has 1 aliphatic rings. The lowest BCUT2D eigenvalue weighted by Gasteiger charge is -2.19. The molecule has 10 heteroatoms. The van der Waals surface area contributed by atoms with Gasteiger partial charge in [0.2, 0.25) is 5.91 Å². The van der Waals surface area contributed by atoms with E-state index in [1.54, 1.807) is 54.6 Å². The second-order valence-electron chi connectivity index (χ2n) is 7.70. The summed E-state index contributed by atoms with van der Waals surface area (Å²) in [6, 6.07) is 17.4. The van der Waals surface area contributed by atoms with Crippen LogP contribution < -0.4 is 15.0 Å². The van der Waals surface area contributed by atoms with Crippen LogP contribution in [0.5, 0.6) is 5.75 Å². The number of nitrogens with one attached hydrogen (secondary N) is 1. The molecule has 36 heavy (non-hydrogen) atoms. The second kappa shape index (κ2) is 11.6. The van der Waals surface area contributed by atoms with Gasteiger partial charge < -0.3 is 14.5 Å². The lowest BCUT2D eigenvalue weighted by atomic mass is 10.1. The summed E-state index contributed by atoms with van der Waals surface area (Å²) in [4.78, 5) is 28.0.